The Morgan fingerprint density at radius 1 is 1.29 bits per heavy atom. The Bertz CT molecular complexity index is 696. The fraction of sp³-hybridized carbons (Fsp3) is 0.450. The van der Waals surface area contributed by atoms with Gasteiger partial charge in [0.05, 0.1) is 5.92 Å². The normalized spacial score (nSPS) is 23.2. The molecule has 0 saturated heterocycles. The quantitative estimate of drug-likeness (QED) is 0.600. The molecule has 0 radical (unpaired) electrons. The summed E-state index contributed by atoms with van der Waals surface area (Å²) >= 11 is 0. The van der Waals surface area contributed by atoms with Crippen molar-refractivity contribution in [1.29, 1.82) is 0 Å². The second kappa shape index (κ2) is 6.34. The monoisotopic (exact) mass is 328 g/mol. The van der Waals surface area contributed by atoms with E-state index in [0.717, 1.165) is 17.1 Å². The largest absolute Gasteiger partial charge is 0.461 e. The van der Waals surface area contributed by atoms with Crippen molar-refractivity contribution in [3.8, 4) is 11.5 Å². The Balaban J connectivity index is 1.51. The summed E-state index contributed by atoms with van der Waals surface area (Å²) in [5.74, 6) is 1.65. The molecule has 2 atom stereocenters. The number of ether oxygens (including phenoxy) is 3. The van der Waals surface area contributed by atoms with Crippen LogP contribution in [0.3, 0.4) is 0 Å². The smallest absolute Gasteiger partial charge is 0.310 e. The minimum atomic E-state index is -0.113. The van der Waals surface area contributed by atoms with Gasteiger partial charge in [-0.05, 0) is 49.0 Å². The van der Waals surface area contributed by atoms with Gasteiger partial charge in [0.25, 0.3) is 0 Å². The van der Waals surface area contributed by atoms with Gasteiger partial charge in [-0.25, -0.2) is 0 Å². The molecule has 0 N–H and O–H groups in total. The van der Waals surface area contributed by atoms with E-state index in [2.05, 4.69) is 33.8 Å². The molecule has 128 valence electrons. The van der Waals surface area contributed by atoms with Gasteiger partial charge in [0.2, 0.25) is 6.79 Å². The Morgan fingerprint density at radius 3 is 2.79 bits per heavy atom. The Labute approximate surface area is 143 Å². The molecule has 1 aromatic carbocycles. The van der Waals surface area contributed by atoms with Crippen LogP contribution in [0.1, 0.15) is 33.3 Å². The number of rotatable bonds is 5. The van der Waals surface area contributed by atoms with E-state index in [4.69, 9.17) is 14.2 Å². The highest BCUT2D eigenvalue weighted by Crippen LogP contribution is 2.59. The predicted octanol–water partition coefficient (Wildman–Crippen LogP) is 4.21. The number of allylic oxidation sites excluding steroid dienone is 2. The van der Waals surface area contributed by atoms with Crippen molar-refractivity contribution >= 4 is 12.0 Å². The second-order valence-corrected chi connectivity index (χ2v) is 7.21. The van der Waals surface area contributed by atoms with Crippen molar-refractivity contribution in [2.75, 3.05) is 13.4 Å². The number of benzene rings is 1. The number of esters is 1. The summed E-state index contributed by atoms with van der Waals surface area (Å²) in [4.78, 5) is 12.3. The van der Waals surface area contributed by atoms with E-state index >= 15 is 0 Å². The fourth-order valence-electron chi connectivity index (χ4n) is 3.22. The van der Waals surface area contributed by atoms with Gasteiger partial charge in [0.1, 0.15) is 6.61 Å². The number of carbonyl (C=O) groups excluding carboxylic acids is 1. The maximum absolute atomic E-state index is 12.3. The lowest BCUT2D eigenvalue weighted by Crippen LogP contribution is -2.10. The maximum Gasteiger partial charge on any atom is 0.310 e. The molecule has 2 unspecified atom stereocenters. The van der Waals surface area contributed by atoms with Gasteiger partial charge < -0.3 is 14.2 Å². The summed E-state index contributed by atoms with van der Waals surface area (Å²) in [5.41, 5.74) is 2.23. The minimum absolute atomic E-state index is 0.00457. The van der Waals surface area contributed by atoms with Crippen LogP contribution in [0, 0.1) is 17.3 Å². The zero-order chi connectivity index (χ0) is 17.3. The van der Waals surface area contributed by atoms with Gasteiger partial charge >= 0.3 is 5.97 Å². The summed E-state index contributed by atoms with van der Waals surface area (Å²) in [6.45, 7) is 8.90. The zero-order valence-electron chi connectivity index (χ0n) is 14.7. The number of fused-ring (bicyclic) bond motifs is 1. The van der Waals surface area contributed by atoms with Crippen molar-refractivity contribution in [1.82, 2.24) is 0 Å². The van der Waals surface area contributed by atoms with E-state index in [1.165, 1.54) is 5.57 Å². The molecule has 2 aliphatic rings. The lowest BCUT2D eigenvalue weighted by molar-refractivity contribution is -0.144. The summed E-state index contributed by atoms with van der Waals surface area (Å²) in [6, 6.07) is 5.74. The first-order chi connectivity index (χ1) is 11.4. The molecule has 1 aliphatic carbocycles. The Morgan fingerprint density at radius 2 is 2.04 bits per heavy atom. The van der Waals surface area contributed by atoms with Crippen molar-refractivity contribution in [2.45, 2.75) is 27.7 Å². The van der Waals surface area contributed by atoms with Gasteiger partial charge in [-0.2, -0.15) is 0 Å². The third kappa shape index (κ3) is 3.32. The van der Waals surface area contributed by atoms with E-state index in [1.807, 2.05) is 30.4 Å². The zero-order valence-corrected chi connectivity index (χ0v) is 14.7. The van der Waals surface area contributed by atoms with Gasteiger partial charge in [-0.1, -0.05) is 37.6 Å². The minimum Gasteiger partial charge on any atom is -0.461 e. The van der Waals surface area contributed by atoms with Crippen LogP contribution in [0.4, 0.5) is 0 Å². The van der Waals surface area contributed by atoms with Gasteiger partial charge in [0, 0.05) is 0 Å². The van der Waals surface area contributed by atoms with Crippen LogP contribution in [-0.2, 0) is 9.53 Å². The third-order valence-electron chi connectivity index (χ3n) is 4.71. The Hall–Kier alpha value is -2.23. The molecule has 0 bridgehead atoms. The lowest BCUT2D eigenvalue weighted by Gasteiger charge is -2.03. The van der Waals surface area contributed by atoms with Crippen LogP contribution in [0.2, 0.25) is 0 Å². The molecule has 1 saturated carbocycles. The van der Waals surface area contributed by atoms with E-state index < -0.39 is 0 Å². The molecule has 0 aromatic heterocycles. The van der Waals surface area contributed by atoms with Crippen molar-refractivity contribution in [3.05, 3.63) is 41.5 Å². The molecule has 1 heterocycles. The molecular formula is C20H24O4. The molecule has 0 amide bonds. The van der Waals surface area contributed by atoms with Crippen LogP contribution >= 0.6 is 0 Å². The number of carbonyl (C=O) groups is 1. The van der Waals surface area contributed by atoms with Gasteiger partial charge in [-0.15, -0.1) is 0 Å². The molecule has 0 spiro atoms. The highest BCUT2D eigenvalue weighted by molar-refractivity contribution is 5.78. The first-order valence-electron chi connectivity index (χ1n) is 8.27. The molecule has 4 heteroatoms. The molecule has 1 fully saturated rings. The maximum atomic E-state index is 12.3. The van der Waals surface area contributed by atoms with Crippen molar-refractivity contribution in [3.63, 3.8) is 0 Å². The van der Waals surface area contributed by atoms with Gasteiger partial charge in [-0.3, -0.25) is 4.79 Å². The summed E-state index contributed by atoms with van der Waals surface area (Å²) in [5, 5.41) is 0. The van der Waals surface area contributed by atoms with E-state index in [9.17, 15) is 4.79 Å². The first-order valence-corrected chi connectivity index (χ1v) is 8.27. The highest BCUT2D eigenvalue weighted by Gasteiger charge is 2.61. The standard InChI is InChI=1S/C20H24O4/c1-13(2)10-15-18(20(15,3)4)19(21)22-9-5-6-14-7-8-16-17(11-14)24-12-23-16/h5-8,10-11,15,18H,9,12H2,1-4H3. The summed E-state index contributed by atoms with van der Waals surface area (Å²) in [6.07, 6.45) is 5.94. The van der Waals surface area contributed by atoms with Crippen LogP contribution in [-0.4, -0.2) is 19.4 Å². The predicted molar refractivity (Wildman–Crippen MR) is 92.8 cm³/mol. The molecule has 24 heavy (non-hydrogen) atoms. The number of hydrogen-bond donors (Lipinski definition) is 0. The highest BCUT2D eigenvalue weighted by atomic mass is 16.7. The van der Waals surface area contributed by atoms with E-state index in [0.29, 0.717) is 0 Å². The average Bonchev–Trinajstić information content (AvgIpc) is 2.87. The third-order valence-corrected chi connectivity index (χ3v) is 4.71. The summed E-state index contributed by atoms with van der Waals surface area (Å²) in [7, 11) is 0. The second-order valence-electron chi connectivity index (χ2n) is 7.21. The SMILES string of the molecule is CC(C)=CC1C(C(=O)OCC=Cc2ccc3c(c2)OCO3)C1(C)C. The van der Waals surface area contributed by atoms with Crippen LogP contribution in [0.15, 0.2) is 35.9 Å². The van der Waals surface area contributed by atoms with Crippen molar-refractivity contribution < 1.29 is 19.0 Å². The summed E-state index contributed by atoms with van der Waals surface area (Å²) < 4.78 is 16.0. The molecule has 3 rings (SSSR count). The Kier molecular flexibility index (Phi) is 4.39. The van der Waals surface area contributed by atoms with Crippen LogP contribution < -0.4 is 9.47 Å². The lowest BCUT2D eigenvalue weighted by atomic mass is 10.1. The molecular weight excluding hydrogens is 304 g/mol. The van der Waals surface area contributed by atoms with Gasteiger partial charge in [0.15, 0.2) is 11.5 Å². The molecule has 4 nitrogen and oxygen atoms in total. The van der Waals surface area contributed by atoms with Crippen molar-refractivity contribution in [2.24, 2.45) is 17.3 Å². The van der Waals surface area contributed by atoms with E-state index in [-0.39, 0.29) is 36.6 Å². The fourth-order valence-corrected chi connectivity index (χ4v) is 3.22. The van der Waals surface area contributed by atoms with E-state index in [1.54, 1.807) is 0 Å². The van der Waals surface area contributed by atoms with Crippen LogP contribution in [0.25, 0.3) is 6.08 Å². The topological polar surface area (TPSA) is 44.8 Å². The average molecular weight is 328 g/mol. The first kappa shape index (κ1) is 16.6. The molecule has 1 aromatic rings. The van der Waals surface area contributed by atoms with Crippen LogP contribution in [0.5, 0.6) is 11.5 Å². The molecule has 1 aliphatic heterocycles. The number of hydrogen-bond acceptors (Lipinski definition) is 4.